The van der Waals surface area contributed by atoms with Gasteiger partial charge in [0.2, 0.25) is 5.91 Å². The first-order valence-corrected chi connectivity index (χ1v) is 9.35. The average Bonchev–Trinajstić information content (AvgIpc) is 3.41. The van der Waals surface area contributed by atoms with Gasteiger partial charge in [0.05, 0.1) is 24.7 Å². The number of hydrogen-bond acceptors (Lipinski definition) is 10. The molecule has 1 amide bonds. The second-order valence-electron chi connectivity index (χ2n) is 6.87. The van der Waals surface area contributed by atoms with Gasteiger partial charge in [-0.25, -0.2) is 15.0 Å². The van der Waals surface area contributed by atoms with Crippen molar-refractivity contribution in [3.63, 3.8) is 0 Å². The molecule has 1 aliphatic heterocycles. The predicted octanol–water partition coefficient (Wildman–Crippen LogP) is -1.98. The molecule has 1 aliphatic rings. The van der Waals surface area contributed by atoms with Crippen LogP contribution in [0.1, 0.15) is 13.2 Å². The van der Waals surface area contributed by atoms with E-state index in [2.05, 4.69) is 25.4 Å². The third-order valence-corrected chi connectivity index (χ3v) is 4.81. The summed E-state index contributed by atoms with van der Waals surface area (Å²) in [6.07, 6.45) is -0.00467. The summed E-state index contributed by atoms with van der Waals surface area (Å²) in [7, 11) is 0. The Morgan fingerprint density at radius 2 is 2.13 bits per heavy atom. The molecule has 0 radical (unpaired) electrons. The molecule has 4 heterocycles. The van der Waals surface area contributed by atoms with Crippen LogP contribution in [0.15, 0.2) is 18.7 Å². The normalized spacial score (nSPS) is 23.9. The molecule has 13 nitrogen and oxygen atoms in total. The largest absolute Gasteiger partial charge is 0.394 e. The van der Waals surface area contributed by atoms with E-state index in [1.54, 1.807) is 6.20 Å². The van der Waals surface area contributed by atoms with Gasteiger partial charge in [0.15, 0.2) is 23.5 Å². The van der Waals surface area contributed by atoms with Crippen LogP contribution >= 0.6 is 0 Å². The number of ether oxygens (including phenoxy) is 1. The lowest BCUT2D eigenvalue weighted by molar-refractivity contribution is -0.121. The summed E-state index contributed by atoms with van der Waals surface area (Å²) in [6, 6.07) is 0. The minimum absolute atomic E-state index is 0.0477. The molecule has 3 aromatic heterocycles. The molecule has 4 rings (SSSR count). The van der Waals surface area contributed by atoms with E-state index in [0.717, 1.165) is 0 Å². The van der Waals surface area contributed by atoms with Crippen LogP contribution in [0.5, 0.6) is 0 Å². The van der Waals surface area contributed by atoms with Crippen LogP contribution in [-0.2, 0) is 16.1 Å². The third kappa shape index (κ3) is 3.47. The number of amides is 1. The molecule has 0 unspecified atom stereocenters. The maximum atomic E-state index is 11.7. The number of nitrogens with zero attached hydrogens (tertiary/aromatic N) is 6. The number of imidazole rings is 1. The summed E-state index contributed by atoms with van der Waals surface area (Å²) in [5.74, 6) is 0.179. The van der Waals surface area contributed by atoms with Gasteiger partial charge in [-0.05, 0) is 6.92 Å². The molecule has 1 fully saturated rings. The monoisotopic (exact) mass is 418 g/mol. The number of carbonyl (C=O) groups is 1. The predicted molar refractivity (Wildman–Crippen MR) is 103 cm³/mol. The minimum atomic E-state index is -1.29. The van der Waals surface area contributed by atoms with E-state index >= 15 is 0 Å². The number of nitrogens with one attached hydrogen (secondary N) is 1. The van der Waals surface area contributed by atoms with Gasteiger partial charge >= 0.3 is 0 Å². The molecule has 30 heavy (non-hydrogen) atoms. The fourth-order valence-corrected chi connectivity index (χ4v) is 3.33. The number of aliphatic hydroxyl groups excluding tert-OH is 3. The van der Waals surface area contributed by atoms with Gasteiger partial charge in [-0.3, -0.25) is 14.0 Å². The second-order valence-corrected chi connectivity index (χ2v) is 6.87. The van der Waals surface area contributed by atoms with Crippen LogP contribution in [0.25, 0.3) is 22.6 Å². The fraction of sp³-hybridized carbons (Fsp3) is 0.471. The van der Waals surface area contributed by atoms with Crippen molar-refractivity contribution in [1.29, 1.82) is 0 Å². The first-order valence-electron chi connectivity index (χ1n) is 9.35. The van der Waals surface area contributed by atoms with Crippen LogP contribution in [0.4, 0.5) is 5.82 Å². The van der Waals surface area contributed by atoms with Gasteiger partial charge in [-0.15, -0.1) is 0 Å². The van der Waals surface area contributed by atoms with Crippen molar-refractivity contribution in [3.8, 4) is 11.4 Å². The summed E-state index contributed by atoms with van der Waals surface area (Å²) in [5, 5.41) is 36.5. The summed E-state index contributed by atoms with van der Waals surface area (Å²) in [4.78, 5) is 24.6. The Morgan fingerprint density at radius 3 is 2.83 bits per heavy atom. The van der Waals surface area contributed by atoms with Crippen molar-refractivity contribution in [2.75, 3.05) is 18.9 Å². The molecule has 0 bridgehead atoms. The zero-order chi connectivity index (χ0) is 21.4. The summed E-state index contributed by atoms with van der Waals surface area (Å²) >= 11 is 0. The topological polar surface area (TPSA) is 186 Å². The van der Waals surface area contributed by atoms with Crippen LogP contribution < -0.4 is 11.1 Å². The molecule has 6 N–H and O–H groups in total. The van der Waals surface area contributed by atoms with E-state index in [1.165, 1.54) is 21.8 Å². The van der Waals surface area contributed by atoms with Crippen molar-refractivity contribution in [2.45, 2.75) is 38.0 Å². The molecular formula is C17H22N8O5. The molecule has 1 saturated heterocycles. The van der Waals surface area contributed by atoms with E-state index in [-0.39, 0.29) is 29.7 Å². The zero-order valence-corrected chi connectivity index (χ0v) is 16.1. The molecule has 3 aromatic rings. The lowest BCUT2D eigenvalue weighted by atomic mass is 10.1. The molecule has 0 aromatic carbocycles. The van der Waals surface area contributed by atoms with Crippen molar-refractivity contribution >= 4 is 22.9 Å². The number of fused-ring (bicyclic) bond motifs is 1. The highest BCUT2D eigenvalue weighted by Crippen LogP contribution is 2.32. The number of carbonyl (C=O) groups excluding carboxylic acids is 1. The summed E-state index contributed by atoms with van der Waals surface area (Å²) in [6.45, 7) is 1.95. The first-order chi connectivity index (χ1) is 14.4. The van der Waals surface area contributed by atoms with E-state index in [1.807, 2.05) is 6.92 Å². The van der Waals surface area contributed by atoms with Gasteiger partial charge in [0, 0.05) is 12.7 Å². The Hall–Kier alpha value is -3.13. The minimum Gasteiger partial charge on any atom is -0.394 e. The maximum Gasteiger partial charge on any atom is 0.241 e. The SMILES string of the molecule is CCNC(=O)Cn1cc(-c2nc(N)c3ncn([C@@H]4O[C@H](CO)[C@@H](O)[C@H]4O)c3n2)cn1. The molecule has 160 valence electrons. The highest BCUT2D eigenvalue weighted by Gasteiger charge is 2.44. The van der Waals surface area contributed by atoms with Gasteiger partial charge in [0.1, 0.15) is 30.4 Å². The van der Waals surface area contributed by atoms with Crippen LogP contribution in [0, 0.1) is 0 Å². The van der Waals surface area contributed by atoms with E-state index in [0.29, 0.717) is 17.6 Å². The summed E-state index contributed by atoms with van der Waals surface area (Å²) < 4.78 is 8.44. The highest BCUT2D eigenvalue weighted by molar-refractivity contribution is 5.83. The second kappa shape index (κ2) is 7.95. The van der Waals surface area contributed by atoms with E-state index in [4.69, 9.17) is 10.5 Å². The Balaban J connectivity index is 1.68. The first kappa shape index (κ1) is 20.2. The Morgan fingerprint density at radius 1 is 1.33 bits per heavy atom. The Bertz CT molecular complexity index is 1070. The standard InChI is InChI=1S/C17H22N8O5/c1-2-19-10(27)5-24-4-8(3-21-24)15-22-14(18)11-16(23-15)25(7-20-11)17-13(29)12(28)9(6-26)30-17/h3-4,7,9,12-13,17,26,28-29H,2,5-6H2,1H3,(H,19,27)(H2,18,22,23)/t9-,12-,13-,17-/m1/s1. The molecular weight excluding hydrogens is 396 g/mol. The molecule has 4 atom stereocenters. The highest BCUT2D eigenvalue weighted by atomic mass is 16.6. The average molecular weight is 418 g/mol. The molecule has 0 spiro atoms. The zero-order valence-electron chi connectivity index (χ0n) is 16.1. The van der Waals surface area contributed by atoms with Crippen molar-refractivity contribution in [3.05, 3.63) is 18.7 Å². The Kier molecular flexibility index (Phi) is 5.34. The lowest BCUT2D eigenvalue weighted by Gasteiger charge is -2.16. The molecule has 13 heteroatoms. The number of nitrogen functional groups attached to an aromatic ring is 1. The van der Waals surface area contributed by atoms with E-state index < -0.39 is 31.1 Å². The Labute approximate surface area is 170 Å². The van der Waals surface area contributed by atoms with E-state index in [9.17, 15) is 20.1 Å². The van der Waals surface area contributed by atoms with Crippen LogP contribution in [0.3, 0.4) is 0 Å². The lowest BCUT2D eigenvalue weighted by Crippen LogP contribution is -2.33. The molecule has 0 saturated carbocycles. The van der Waals surface area contributed by atoms with Crippen molar-refractivity contribution in [1.82, 2.24) is 34.6 Å². The van der Waals surface area contributed by atoms with Gasteiger partial charge < -0.3 is 31.1 Å². The number of nitrogens with two attached hydrogens (primary N) is 1. The number of rotatable bonds is 6. The smallest absolute Gasteiger partial charge is 0.241 e. The van der Waals surface area contributed by atoms with Crippen molar-refractivity contribution in [2.24, 2.45) is 0 Å². The van der Waals surface area contributed by atoms with Crippen LogP contribution in [0.2, 0.25) is 0 Å². The number of aromatic nitrogens is 6. The van der Waals surface area contributed by atoms with Crippen LogP contribution in [-0.4, -0.2) is 82.0 Å². The maximum absolute atomic E-state index is 11.7. The number of hydrogen-bond donors (Lipinski definition) is 5. The third-order valence-electron chi connectivity index (χ3n) is 4.81. The molecule has 0 aliphatic carbocycles. The number of aliphatic hydroxyl groups is 3. The van der Waals surface area contributed by atoms with Crippen molar-refractivity contribution < 1.29 is 24.9 Å². The van der Waals surface area contributed by atoms with Gasteiger partial charge in [0.25, 0.3) is 0 Å². The van der Waals surface area contributed by atoms with Gasteiger partial charge in [-0.2, -0.15) is 5.10 Å². The van der Waals surface area contributed by atoms with Gasteiger partial charge in [-0.1, -0.05) is 0 Å². The summed E-state index contributed by atoms with van der Waals surface area (Å²) in [5.41, 5.74) is 7.15. The number of likely N-dealkylation sites (N-methyl/N-ethyl adjacent to an activating group) is 1. The number of anilines is 1. The quantitative estimate of drug-likeness (QED) is 0.300. The fourth-order valence-electron chi connectivity index (χ4n) is 3.33.